The molecule has 8 nitrogen and oxygen atoms in total. The fraction of sp³-hybridized carbons (Fsp3) is 0.375. The van der Waals surface area contributed by atoms with E-state index >= 15 is 0 Å². The van der Waals surface area contributed by atoms with Crippen molar-refractivity contribution in [3.8, 4) is 17.3 Å². The Bertz CT molecular complexity index is 1120. The van der Waals surface area contributed by atoms with E-state index in [2.05, 4.69) is 26.8 Å². The zero-order chi connectivity index (χ0) is 22.5. The van der Waals surface area contributed by atoms with Gasteiger partial charge in [-0.2, -0.15) is 10.4 Å². The molecular formula is C24H27N7O. The van der Waals surface area contributed by atoms with Gasteiger partial charge in [0.15, 0.2) is 0 Å². The van der Waals surface area contributed by atoms with Crippen molar-refractivity contribution in [2.45, 2.75) is 52.0 Å². The fourth-order valence-corrected chi connectivity index (χ4v) is 4.32. The molecule has 32 heavy (non-hydrogen) atoms. The molecule has 1 aromatic carbocycles. The molecule has 4 rings (SSSR count). The molecule has 2 heterocycles. The molecule has 1 atom stereocenters. The topological polar surface area (TPSA) is 109 Å². The van der Waals surface area contributed by atoms with Gasteiger partial charge in [-0.15, -0.1) is 0 Å². The van der Waals surface area contributed by atoms with Gasteiger partial charge in [0, 0.05) is 36.3 Å². The van der Waals surface area contributed by atoms with Crippen LogP contribution in [0.1, 0.15) is 50.6 Å². The van der Waals surface area contributed by atoms with E-state index < -0.39 is 0 Å². The number of benzene rings is 1. The molecule has 1 unspecified atom stereocenters. The van der Waals surface area contributed by atoms with Crippen molar-refractivity contribution in [3.05, 3.63) is 48.4 Å². The fourth-order valence-electron chi connectivity index (χ4n) is 4.32. The maximum absolute atomic E-state index is 11.2. The van der Waals surface area contributed by atoms with Gasteiger partial charge in [-0.1, -0.05) is 12.8 Å². The summed E-state index contributed by atoms with van der Waals surface area (Å²) >= 11 is 0. The number of nitrogens with zero attached hydrogens (tertiary/aromatic N) is 5. The quantitative estimate of drug-likeness (QED) is 0.547. The van der Waals surface area contributed by atoms with E-state index in [1.807, 2.05) is 48.3 Å². The second-order valence-corrected chi connectivity index (χ2v) is 8.29. The van der Waals surface area contributed by atoms with Crippen molar-refractivity contribution in [1.29, 1.82) is 5.26 Å². The molecule has 1 fully saturated rings. The molecule has 1 aliphatic carbocycles. The van der Waals surface area contributed by atoms with E-state index in [9.17, 15) is 10.1 Å². The summed E-state index contributed by atoms with van der Waals surface area (Å²) in [6.45, 7) is 3.45. The van der Waals surface area contributed by atoms with Crippen LogP contribution in [0, 0.1) is 24.2 Å². The first-order valence-electron chi connectivity index (χ1n) is 10.9. The predicted molar refractivity (Wildman–Crippen MR) is 123 cm³/mol. The Balaban J connectivity index is 1.54. The lowest BCUT2D eigenvalue weighted by Crippen LogP contribution is -2.17. The van der Waals surface area contributed by atoms with Crippen molar-refractivity contribution < 1.29 is 4.79 Å². The summed E-state index contributed by atoms with van der Waals surface area (Å²) in [5, 5.41) is 19.9. The minimum absolute atomic E-state index is 0.109. The smallest absolute Gasteiger partial charge is 0.227 e. The predicted octanol–water partition coefficient (Wildman–Crippen LogP) is 5.00. The number of aromatic nitrogens is 4. The van der Waals surface area contributed by atoms with Crippen molar-refractivity contribution in [3.63, 3.8) is 0 Å². The molecule has 8 heteroatoms. The molecular weight excluding hydrogens is 402 g/mol. The third kappa shape index (κ3) is 4.94. The molecule has 0 bridgehead atoms. The van der Waals surface area contributed by atoms with Gasteiger partial charge in [-0.3, -0.25) is 9.48 Å². The van der Waals surface area contributed by atoms with Gasteiger partial charge in [0.25, 0.3) is 0 Å². The van der Waals surface area contributed by atoms with Crippen LogP contribution in [0.15, 0.2) is 42.9 Å². The molecule has 0 radical (unpaired) electrons. The van der Waals surface area contributed by atoms with Crippen LogP contribution in [0.5, 0.6) is 0 Å². The molecule has 1 aliphatic rings. The van der Waals surface area contributed by atoms with Gasteiger partial charge >= 0.3 is 0 Å². The second-order valence-electron chi connectivity index (χ2n) is 8.29. The van der Waals surface area contributed by atoms with Crippen molar-refractivity contribution in [2.75, 3.05) is 10.6 Å². The number of rotatable bonds is 7. The first-order valence-corrected chi connectivity index (χ1v) is 10.9. The first kappa shape index (κ1) is 21.5. The molecule has 1 saturated carbocycles. The van der Waals surface area contributed by atoms with E-state index in [4.69, 9.17) is 4.98 Å². The summed E-state index contributed by atoms with van der Waals surface area (Å²) in [4.78, 5) is 20.3. The molecule has 0 spiro atoms. The van der Waals surface area contributed by atoms with Crippen LogP contribution in [-0.2, 0) is 4.79 Å². The van der Waals surface area contributed by atoms with Crippen LogP contribution in [-0.4, -0.2) is 25.7 Å². The summed E-state index contributed by atoms with van der Waals surface area (Å²) in [5.41, 5.74) is 4.23. The van der Waals surface area contributed by atoms with Gasteiger partial charge in [-0.05, 0) is 55.5 Å². The van der Waals surface area contributed by atoms with Gasteiger partial charge in [-0.25, -0.2) is 9.97 Å². The minimum atomic E-state index is -0.109. The zero-order valence-electron chi connectivity index (χ0n) is 18.4. The third-order valence-corrected chi connectivity index (χ3v) is 5.89. The standard InChI is InChI=1S/C24H27N7O/c1-16-13-26-24(29-21-9-7-20(8-10-21)28-17(2)32)30-23(16)19-14-27-31(15-19)22(11-12-25)18-5-3-4-6-18/h7-10,13-15,18,22H,3-6,11H2,1-2H3,(H,28,32)(H,26,29,30). The van der Waals surface area contributed by atoms with Crippen molar-refractivity contribution >= 4 is 23.2 Å². The van der Waals surface area contributed by atoms with E-state index in [0.717, 1.165) is 41.0 Å². The molecule has 0 aliphatic heterocycles. The number of hydrogen-bond donors (Lipinski definition) is 2. The number of hydrogen-bond acceptors (Lipinski definition) is 6. The Hall–Kier alpha value is -3.73. The normalized spacial score (nSPS) is 14.7. The number of carbonyl (C=O) groups excluding carboxylic acids is 1. The maximum Gasteiger partial charge on any atom is 0.227 e. The molecule has 164 valence electrons. The minimum Gasteiger partial charge on any atom is -0.326 e. The first-order chi connectivity index (χ1) is 15.5. The number of amides is 1. The summed E-state index contributed by atoms with van der Waals surface area (Å²) in [5.74, 6) is 0.879. The summed E-state index contributed by atoms with van der Waals surface area (Å²) < 4.78 is 1.95. The van der Waals surface area contributed by atoms with Crippen LogP contribution < -0.4 is 10.6 Å². The number of nitrogens with one attached hydrogen (secondary N) is 2. The lowest BCUT2D eigenvalue weighted by molar-refractivity contribution is -0.114. The SMILES string of the molecule is CC(=O)Nc1ccc(Nc2ncc(C)c(-c3cnn(C(CC#N)C4CCCC4)c3)n2)cc1. The van der Waals surface area contributed by atoms with Crippen molar-refractivity contribution in [2.24, 2.45) is 5.92 Å². The largest absolute Gasteiger partial charge is 0.326 e. The molecule has 3 aromatic rings. The Morgan fingerprint density at radius 1 is 1.22 bits per heavy atom. The number of aryl methyl sites for hydroxylation is 1. The highest BCUT2D eigenvalue weighted by Gasteiger charge is 2.27. The van der Waals surface area contributed by atoms with Gasteiger partial charge < -0.3 is 10.6 Å². The zero-order valence-corrected chi connectivity index (χ0v) is 18.4. The van der Waals surface area contributed by atoms with Gasteiger partial charge in [0.05, 0.1) is 30.4 Å². The van der Waals surface area contributed by atoms with Gasteiger partial charge in [0.1, 0.15) is 0 Å². The Kier molecular flexibility index (Phi) is 6.45. The third-order valence-electron chi connectivity index (χ3n) is 5.89. The molecule has 1 amide bonds. The van der Waals surface area contributed by atoms with Crippen LogP contribution in [0.2, 0.25) is 0 Å². The van der Waals surface area contributed by atoms with Crippen LogP contribution in [0.25, 0.3) is 11.3 Å². The number of carbonyl (C=O) groups is 1. The Morgan fingerprint density at radius 3 is 2.62 bits per heavy atom. The Labute approximate surface area is 187 Å². The average Bonchev–Trinajstić information content (AvgIpc) is 3.47. The maximum atomic E-state index is 11.2. The molecule has 2 N–H and O–H groups in total. The van der Waals surface area contributed by atoms with Crippen LogP contribution in [0.3, 0.4) is 0 Å². The average molecular weight is 430 g/mol. The highest BCUT2D eigenvalue weighted by Crippen LogP contribution is 2.36. The van der Waals surface area contributed by atoms with E-state index in [1.165, 1.54) is 19.8 Å². The summed E-state index contributed by atoms with van der Waals surface area (Å²) in [6, 6.07) is 9.81. The second kappa shape index (κ2) is 9.60. The van der Waals surface area contributed by atoms with E-state index in [-0.39, 0.29) is 11.9 Å². The highest BCUT2D eigenvalue weighted by atomic mass is 16.1. The summed E-state index contributed by atoms with van der Waals surface area (Å²) in [6.07, 6.45) is 10.8. The molecule has 2 aromatic heterocycles. The summed E-state index contributed by atoms with van der Waals surface area (Å²) in [7, 11) is 0. The van der Waals surface area contributed by atoms with Crippen LogP contribution in [0.4, 0.5) is 17.3 Å². The Morgan fingerprint density at radius 2 is 1.94 bits per heavy atom. The van der Waals surface area contributed by atoms with Crippen LogP contribution >= 0.6 is 0 Å². The monoisotopic (exact) mass is 429 g/mol. The lowest BCUT2D eigenvalue weighted by atomic mass is 9.96. The lowest BCUT2D eigenvalue weighted by Gasteiger charge is -2.21. The number of nitriles is 1. The van der Waals surface area contributed by atoms with E-state index in [1.54, 1.807) is 6.20 Å². The molecule has 0 saturated heterocycles. The van der Waals surface area contributed by atoms with Crippen molar-refractivity contribution in [1.82, 2.24) is 19.7 Å². The number of anilines is 3. The highest BCUT2D eigenvalue weighted by molar-refractivity contribution is 5.88. The van der Waals surface area contributed by atoms with Gasteiger partial charge in [0.2, 0.25) is 11.9 Å². The van der Waals surface area contributed by atoms with E-state index in [0.29, 0.717) is 18.3 Å².